The maximum Gasteiger partial charge on any atom is 0.0534 e. The normalized spacial score (nSPS) is 19.9. The Bertz CT molecular complexity index is 380. The van der Waals surface area contributed by atoms with Crippen molar-refractivity contribution in [1.82, 2.24) is 20.0 Å². The highest BCUT2D eigenvalue weighted by atomic mass is 15.3. The van der Waals surface area contributed by atoms with Gasteiger partial charge in [-0.15, -0.1) is 0 Å². The predicted molar refractivity (Wildman–Crippen MR) is 83.7 cm³/mol. The summed E-state index contributed by atoms with van der Waals surface area (Å²) < 4.78 is 2.07. The Morgan fingerprint density at radius 3 is 3.00 bits per heavy atom. The number of rotatable bonds is 7. The van der Waals surface area contributed by atoms with Gasteiger partial charge in [0.15, 0.2) is 0 Å². The Morgan fingerprint density at radius 1 is 1.50 bits per heavy atom. The Hall–Kier alpha value is -0.870. The van der Waals surface area contributed by atoms with Crippen LogP contribution in [0.4, 0.5) is 0 Å². The van der Waals surface area contributed by atoms with Crippen LogP contribution in [-0.2, 0) is 13.1 Å². The number of nitrogens with one attached hydrogen (secondary N) is 1. The number of piperidine rings is 1. The number of hydrogen-bond donors (Lipinski definition) is 1. The molecule has 20 heavy (non-hydrogen) atoms. The second kappa shape index (κ2) is 7.79. The third kappa shape index (κ3) is 4.60. The lowest BCUT2D eigenvalue weighted by Gasteiger charge is -2.32. The molecule has 1 aliphatic heterocycles. The Morgan fingerprint density at radius 2 is 2.35 bits per heavy atom. The highest BCUT2D eigenvalue weighted by molar-refractivity contribution is 5.04. The van der Waals surface area contributed by atoms with Crippen LogP contribution in [0.5, 0.6) is 0 Å². The Balaban J connectivity index is 1.90. The van der Waals surface area contributed by atoms with Crippen LogP contribution in [0.1, 0.15) is 45.6 Å². The smallest absolute Gasteiger partial charge is 0.0534 e. The van der Waals surface area contributed by atoms with Gasteiger partial charge in [-0.1, -0.05) is 6.92 Å². The van der Waals surface area contributed by atoms with Crippen LogP contribution in [0.25, 0.3) is 0 Å². The summed E-state index contributed by atoms with van der Waals surface area (Å²) in [6.07, 6.45) is 8.07. The quantitative estimate of drug-likeness (QED) is 0.832. The van der Waals surface area contributed by atoms with Gasteiger partial charge in [-0.3, -0.25) is 9.58 Å². The van der Waals surface area contributed by atoms with Gasteiger partial charge < -0.3 is 5.32 Å². The average Bonchev–Trinajstić information content (AvgIpc) is 2.87. The summed E-state index contributed by atoms with van der Waals surface area (Å²) in [7, 11) is 0. The van der Waals surface area contributed by atoms with E-state index in [4.69, 9.17) is 0 Å². The predicted octanol–water partition coefficient (Wildman–Crippen LogP) is 2.50. The lowest BCUT2D eigenvalue weighted by atomic mass is 9.98. The second-order valence-electron chi connectivity index (χ2n) is 6.35. The minimum Gasteiger partial charge on any atom is -0.316 e. The van der Waals surface area contributed by atoms with Gasteiger partial charge in [-0.05, 0) is 52.1 Å². The minimum atomic E-state index is 0.589. The molecule has 1 saturated heterocycles. The lowest BCUT2D eigenvalue weighted by molar-refractivity contribution is 0.164. The maximum atomic E-state index is 4.44. The second-order valence-corrected chi connectivity index (χ2v) is 6.35. The van der Waals surface area contributed by atoms with E-state index < -0.39 is 0 Å². The molecule has 0 saturated carbocycles. The van der Waals surface area contributed by atoms with Crippen LogP contribution in [0.2, 0.25) is 0 Å². The van der Waals surface area contributed by atoms with Crippen LogP contribution in [0, 0.1) is 5.92 Å². The maximum absolute atomic E-state index is 4.44. The molecular formula is C16H30N4. The SMILES string of the molecule is CCCn1cc(CN(CC2CCCNC2)C(C)C)cn1. The van der Waals surface area contributed by atoms with Crippen LogP contribution in [0.15, 0.2) is 12.4 Å². The number of hydrogen-bond acceptors (Lipinski definition) is 3. The first-order chi connectivity index (χ1) is 9.69. The van der Waals surface area contributed by atoms with Crippen LogP contribution in [-0.4, -0.2) is 40.4 Å². The first-order valence-corrected chi connectivity index (χ1v) is 8.15. The molecule has 0 bridgehead atoms. The van der Waals surface area contributed by atoms with Gasteiger partial charge in [-0.25, -0.2) is 0 Å². The monoisotopic (exact) mass is 278 g/mol. The zero-order valence-electron chi connectivity index (χ0n) is 13.3. The van der Waals surface area contributed by atoms with Crippen molar-refractivity contribution in [2.75, 3.05) is 19.6 Å². The van der Waals surface area contributed by atoms with E-state index in [-0.39, 0.29) is 0 Å². The van der Waals surface area contributed by atoms with Crippen molar-refractivity contribution in [3.05, 3.63) is 18.0 Å². The zero-order chi connectivity index (χ0) is 14.4. The van der Waals surface area contributed by atoms with E-state index in [0.29, 0.717) is 6.04 Å². The molecule has 1 unspecified atom stereocenters. The van der Waals surface area contributed by atoms with E-state index in [2.05, 4.69) is 47.0 Å². The molecule has 114 valence electrons. The molecular weight excluding hydrogens is 248 g/mol. The van der Waals surface area contributed by atoms with E-state index in [0.717, 1.165) is 25.4 Å². The van der Waals surface area contributed by atoms with Crippen molar-refractivity contribution in [2.24, 2.45) is 5.92 Å². The zero-order valence-corrected chi connectivity index (χ0v) is 13.3. The topological polar surface area (TPSA) is 33.1 Å². The third-order valence-corrected chi connectivity index (χ3v) is 4.15. The van der Waals surface area contributed by atoms with E-state index in [1.165, 1.54) is 38.0 Å². The summed E-state index contributed by atoms with van der Waals surface area (Å²) in [5.41, 5.74) is 1.34. The summed E-state index contributed by atoms with van der Waals surface area (Å²) in [5, 5.41) is 7.96. The third-order valence-electron chi connectivity index (χ3n) is 4.15. The van der Waals surface area contributed by atoms with Gasteiger partial charge >= 0.3 is 0 Å². The van der Waals surface area contributed by atoms with Crippen LogP contribution >= 0.6 is 0 Å². The van der Waals surface area contributed by atoms with Crippen molar-refractivity contribution in [1.29, 1.82) is 0 Å². The number of aryl methyl sites for hydroxylation is 1. The molecule has 4 nitrogen and oxygen atoms in total. The molecule has 1 aliphatic rings. The van der Waals surface area contributed by atoms with Crippen molar-refractivity contribution in [3.63, 3.8) is 0 Å². The first kappa shape index (κ1) is 15.5. The highest BCUT2D eigenvalue weighted by Crippen LogP contribution is 2.16. The molecule has 0 spiro atoms. The van der Waals surface area contributed by atoms with Crippen LogP contribution < -0.4 is 5.32 Å². The molecule has 0 amide bonds. The minimum absolute atomic E-state index is 0.589. The van der Waals surface area contributed by atoms with Gasteiger partial charge in [0.1, 0.15) is 0 Å². The van der Waals surface area contributed by atoms with Crippen molar-refractivity contribution in [3.8, 4) is 0 Å². The van der Waals surface area contributed by atoms with Crippen molar-refractivity contribution >= 4 is 0 Å². The molecule has 1 atom stereocenters. The molecule has 2 heterocycles. The van der Waals surface area contributed by atoms with E-state index in [9.17, 15) is 0 Å². The highest BCUT2D eigenvalue weighted by Gasteiger charge is 2.19. The summed E-state index contributed by atoms with van der Waals surface area (Å²) >= 11 is 0. The molecule has 4 heteroatoms. The van der Waals surface area contributed by atoms with Gasteiger partial charge in [0, 0.05) is 37.4 Å². The van der Waals surface area contributed by atoms with Crippen molar-refractivity contribution in [2.45, 2.75) is 59.2 Å². The molecule has 1 N–H and O–H groups in total. The van der Waals surface area contributed by atoms with Gasteiger partial charge in [0.25, 0.3) is 0 Å². The molecule has 0 radical (unpaired) electrons. The van der Waals surface area contributed by atoms with E-state index in [1.54, 1.807) is 0 Å². The molecule has 1 fully saturated rings. The summed E-state index contributed by atoms with van der Waals surface area (Å²) in [6, 6.07) is 0.589. The lowest BCUT2D eigenvalue weighted by Crippen LogP contribution is -2.40. The molecule has 1 aromatic rings. The molecule has 2 rings (SSSR count). The van der Waals surface area contributed by atoms with E-state index in [1.807, 2.05) is 6.20 Å². The largest absolute Gasteiger partial charge is 0.316 e. The fourth-order valence-corrected chi connectivity index (χ4v) is 2.94. The average molecular weight is 278 g/mol. The summed E-state index contributed by atoms with van der Waals surface area (Å²) in [6.45, 7) is 12.4. The summed E-state index contributed by atoms with van der Waals surface area (Å²) in [4.78, 5) is 2.59. The van der Waals surface area contributed by atoms with Gasteiger partial charge in [0.05, 0.1) is 6.20 Å². The van der Waals surface area contributed by atoms with Gasteiger partial charge in [-0.2, -0.15) is 5.10 Å². The van der Waals surface area contributed by atoms with Crippen molar-refractivity contribution < 1.29 is 0 Å². The fourth-order valence-electron chi connectivity index (χ4n) is 2.94. The Labute approximate surface area is 123 Å². The number of nitrogens with zero attached hydrogens (tertiary/aromatic N) is 3. The standard InChI is InChI=1S/C16H30N4/c1-4-8-20-13-16(10-18-20)12-19(14(2)3)11-15-6-5-7-17-9-15/h10,13-15,17H,4-9,11-12H2,1-3H3. The molecule has 0 aliphatic carbocycles. The number of aromatic nitrogens is 2. The first-order valence-electron chi connectivity index (χ1n) is 8.15. The van der Waals surface area contributed by atoms with Crippen LogP contribution in [0.3, 0.4) is 0 Å². The van der Waals surface area contributed by atoms with E-state index >= 15 is 0 Å². The molecule has 1 aromatic heterocycles. The Kier molecular flexibility index (Phi) is 6.05. The van der Waals surface area contributed by atoms with Gasteiger partial charge in [0.2, 0.25) is 0 Å². The summed E-state index contributed by atoms with van der Waals surface area (Å²) in [5.74, 6) is 0.803. The molecule has 0 aromatic carbocycles. The fraction of sp³-hybridized carbons (Fsp3) is 0.812.